The highest BCUT2D eigenvalue weighted by Gasteiger charge is 2.11. The van der Waals surface area contributed by atoms with Gasteiger partial charge in [0.2, 0.25) is 0 Å². The molecule has 4 rings (SSSR count). The van der Waals surface area contributed by atoms with Gasteiger partial charge in [-0.15, -0.1) is 11.3 Å². The molecule has 0 aliphatic carbocycles. The minimum Gasteiger partial charge on any atom is -0.349 e. The number of aryl methyl sites for hydroxylation is 1. The Hall–Kier alpha value is -2.63. The van der Waals surface area contributed by atoms with Crippen molar-refractivity contribution in [1.29, 1.82) is 0 Å². The van der Waals surface area contributed by atoms with E-state index in [1.807, 2.05) is 48.7 Å². The summed E-state index contributed by atoms with van der Waals surface area (Å²) in [7, 11) is 0. The maximum absolute atomic E-state index is 12.5. The highest BCUT2D eigenvalue weighted by atomic mass is 35.5. The summed E-state index contributed by atoms with van der Waals surface area (Å²) < 4.78 is 0. The molecule has 0 unspecified atom stereocenters. The van der Waals surface area contributed by atoms with E-state index < -0.39 is 0 Å². The smallest absolute Gasteiger partial charge is 0.272 e. The summed E-state index contributed by atoms with van der Waals surface area (Å²) in [5.74, 6) is -0.204. The zero-order valence-corrected chi connectivity index (χ0v) is 14.9. The number of anilines is 1. The van der Waals surface area contributed by atoms with Crippen molar-refractivity contribution in [3.63, 3.8) is 0 Å². The Morgan fingerprint density at radius 2 is 2.00 bits per heavy atom. The minimum absolute atomic E-state index is 0.204. The van der Waals surface area contributed by atoms with Gasteiger partial charge in [0.1, 0.15) is 5.69 Å². The topological polar surface area (TPSA) is 57.8 Å². The fourth-order valence-electron chi connectivity index (χ4n) is 2.66. The summed E-state index contributed by atoms with van der Waals surface area (Å²) in [6.07, 6.45) is 0. The molecule has 1 amide bonds. The van der Waals surface area contributed by atoms with Gasteiger partial charge in [-0.2, -0.15) is 0 Å². The predicted molar refractivity (Wildman–Crippen MR) is 104 cm³/mol. The number of aromatic amines is 1. The molecular formula is C19H14ClN3OS. The Bertz CT molecular complexity index is 1070. The van der Waals surface area contributed by atoms with Crippen molar-refractivity contribution in [1.82, 2.24) is 9.97 Å². The molecule has 2 heterocycles. The molecule has 124 valence electrons. The third kappa shape index (κ3) is 3.16. The number of hydrogen-bond acceptors (Lipinski definition) is 3. The molecule has 2 aromatic carbocycles. The van der Waals surface area contributed by atoms with Gasteiger partial charge in [0.05, 0.1) is 21.2 Å². The summed E-state index contributed by atoms with van der Waals surface area (Å²) in [4.78, 5) is 20.0. The second-order valence-corrected chi connectivity index (χ2v) is 7.14. The first kappa shape index (κ1) is 15.9. The fraction of sp³-hybridized carbons (Fsp3) is 0.0526. The van der Waals surface area contributed by atoms with Crippen molar-refractivity contribution in [2.75, 3.05) is 5.32 Å². The number of carbonyl (C=O) groups excluding carboxylic acids is 1. The van der Waals surface area contributed by atoms with Crippen molar-refractivity contribution in [3.05, 3.63) is 69.6 Å². The first-order valence-electron chi connectivity index (χ1n) is 7.71. The van der Waals surface area contributed by atoms with Crippen LogP contribution in [0, 0.1) is 6.92 Å². The van der Waals surface area contributed by atoms with Crippen molar-refractivity contribution in [2.45, 2.75) is 6.92 Å². The van der Waals surface area contributed by atoms with Crippen molar-refractivity contribution >= 4 is 45.4 Å². The Balaban J connectivity index is 1.54. The SMILES string of the molecule is Cc1nc(-c2ccc(NC(=O)c3cc4cccc(Cl)c4[nH]3)cc2)cs1. The number of amides is 1. The zero-order valence-electron chi connectivity index (χ0n) is 13.3. The van der Waals surface area contributed by atoms with Gasteiger partial charge in [-0.1, -0.05) is 35.9 Å². The van der Waals surface area contributed by atoms with Gasteiger partial charge >= 0.3 is 0 Å². The molecule has 0 fully saturated rings. The van der Waals surface area contributed by atoms with Crippen LogP contribution in [0.4, 0.5) is 5.69 Å². The summed E-state index contributed by atoms with van der Waals surface area (Å²) in [6.45, 7) is 1.98. The number of hydrogen-bond donors (Lipinski definition) is 2. The van der Waals surface area contributed by atoms with Crippen LogP contribution in [-0.2, 0) is 0 Å². The van der Waals surface area contributed by atoms with E-state index in [2.05, 4.69) is 15.3 Å². The van der Waals surface area contributed by atoms with E-state index >= 15 is 0 Å². The number of para-hydroxylation sites is 1. The zero-order chi connectivity index (χ0) is 17.4. The molecule has 0 saturated heterocycles. The maximum Gasteiger partial charge on any atom is 0.272 e. The number of benzene rings is 2. The van der Waals surface area contributed by atoms with Crippen LogP contribution >= 0.6 is 22.9 Å². The van der Waals surface area contributed by atoms with Crippen LogP contribution in [0.1, 0.15) is 15.5 Å². The number of nitrogens with zero attached hydrogens (tertiary/aromatic N) is 1. The molecule has 0 saturated carbocycles. The van der Waals surface area contributed by atoms with Crippen LogP contribution in [0.3, 0.4) is 0 Å². The lowest BCUT2D eigenvalue weighted by molar-refractivity contribution is 0.102. The van der Waals surface area contributed by atoms with Gasteiger partial charge in [-0.05, 0) is 31.2 Å². The largest absolute Gasteiger partial charge is 0.349 e. The average Bonchev–Trinajstić information content (AvgIpc) is 3.23. The Labute approximate surface area is 153 Å². The number of halogens is 1. The molecule has 25 heavy (non-hydrogen) atoms. The summed E-state index contributed by atoms with van der Waals surface area (Å²) >= 11 is 7.76. The normalized spacial score (nSPS) is 11.0. The summed E-state index contributed by atoms with van der Waals surface area (Å²) in [5, 5.41) is 7.45. The molecule has 6 heteroatoms. The number of fused-ring (bicyclic) bond motifs is 1. The van der Waals surface area contributed by atoms with E-state index in [1.165, 1.54) is 0 Å². The molecule has 0 radical (unpaired) electrons. The molecular weight excluding hydrogens is 354 g/mol. The average molecular weight is 368 g/mol. The van der Waals surface area contributed by atoms with Gasteiger partial charge in [-0.3, -0.25) is 4.79 Å². The van der Waals surface area contributed by atoms with Crippen LogP contribution in [-0.4, -0.2) is 15.9 Å². The maximum atomic E-state index is 12.5. The first-order chi connectivity index (χ1) is 12.1. The molecule has 4 nitrogen and oxygen atoms in total. The highest BCUT2D eigenvalue weighted by Crippen LogP contribution is 2.25. The van der Waals surface area contributed by atoms with Gasteiger partial charge in [0.25, 0.3) is 5.91 Å². The van der Waals surface area contributed by atoms with Crippen LogP contribution in [0.5, 0.6) is 0 Å². The van der Waals surface area contributed by atoms with Gasteiger partial charge in [-0.25, -0.2) is 4.98 Å². The Morgan fingerprint density at radius 1 is 1.20 bits per heavy atom. The third-order valence-electron chi connectivity index (χ3n) is 3.91. The second-order valence-electron chi connectivity index (χ2n) is 5.67. The second kappa shape index (κ2) is 6.35. The quantitative estimate of drug-likeness (QED) is 0.502. The molecule has 2 aromatic heterocycles. The standard InChI is InChI=1S/C19H14ClN3OS/c1-11-21-17(10-25-11)12-5-7-14(8-6-12)22-19(24)16-9-13-3-2-4-15(20)18(13)23-16/h2-10,23H,1H3,(H,22,24). The molecule has 0 aliphatic heterocycles. The molecule has 0 spiro atoms. The lowest BCUT2D eigenvalue weighted by Gasteiger charge is -2.04. The molecule has 4 aromatic rings. The van der Waals surface area contributed by atoms with Gasteiger partial charge in [0, 0.05) is 22.0 Å². The molecule has 2 N–H and O–H groups in total. The third-order valence-corrected chi connectivity index (χ3v) is 5.00. The van der Waals surface area contributed by atoms with Crippen molar-refractivity contribution in [2.24, 2.45) is 0 Å². The monoisotopic (exact) mass is 367 g/mol. The summed E-state index contributed by atoms with van der Waals surface area (Å²) in [5.41, 5.74) is 3.95. The minimum atomic E-state index is -0.204. The lowest BCUT2D eigenvalue weighted by Crippen LogP contribution is -2.12. The molecule has 0 aliphatic rings. The number of nitrogens with one attached hydrogen (secondary N) is 2. The Morgan fingerprint density at radius 3 is 2.68 bits per heavy atom. The van der Waals surface area contributed by atoms with E-state index in [9.17, 15) is 4.79 Å². The number of thiazole rings is 1. The van der Waals surface area contributed by atoms with E-state index in [1.54, 1.807) is 23.5 Å². The lowest BCUT2D eigenvalue weighted by atomic mass is 10.1. The highest BCUT2D eigenvalue weighted by molar-refractivity contribution is 7.09. The number of aromatic nitrogens is 2. The van der Waals surface area contributed by atoms with Gasteiger partial charge < -0.3 is 10.3 Å². The van der Waals surface area contributed by atoms with Crippen LogP contribution in [0.2, 0.25) is 5.02 Å². The van der Waals surface area contributed by atoms with Gasteiger partial charge in [0.15, 0.2) is 0 Å². The molecule has 0 bridgehead atoms. The predicted octanol–water partition coefficient (Wildman–Crippen LogP) is 5.51. The van der Waals surface area contributed by atoms with E-state index in [0.29, 0.717) is 10.7 Å². The fourth-order valence-corrected chi connectivity index (χ4v) is 3.51. The number of carbonyl (C=O) groups is 1. The van der Waals surface area contributed by atoms with Crippen LogP contribution in [0.15, 0.2) is 53.9 Å². The van der Waals surface area contributed by atoms with Crippen molar-refractivity contribution < 1.29 is 4.79 Å². The van der Waals surface area contributed by atoms with E-state index in [4.69, 9.17) is 11.6 Å². The summed E-state index contributed by atoms with van der Waals surface area (Å²) in [6, 6.07) is 15.0. The number of H-pyrrole nitrogens is 1. The van der Waals surface area contributed by atoms with E-state index in [0.717, 1.165) is 32.9 Å². The van der Waals surface area contributed by atoms with Crippen LogP contribution < -0.4 is 5.32 Å². The Kier molecular flexibility index (Phi) is 4.03. The number of rotatable bonds is 3. The first-order valence-corrected chi connectivity index (χ1v) is 8.97. The van der Waals surface area contributed by atoms with E-state index in [-0.39, 0.29) is 5.91 Å². The molecule has 0 atom stereocenters. The van der Waals surface area contributed by atoms with Crippen LogP contribution in [0.25, 0.3) is 22.2 Å². The van der Waals surface area contributed by atoms with Crippen molar-refractivity contribution in [3.8, 4) is 11.3 Å².